The van der Waals surface area contributed by atoms with Crippen molar-refractivity contribution in [1.29, 1.82) is 0 Å². The molecule has 10 heteroatoms. The topological polar surface area (TPSA) is 111 Å². The average Bonchev–Trinajstić information content (AvgIpc) is 3.23. The number of amides is 1. The van der Waals surface area contributed by atoms with Crippen molar-refractivity contribution < 1.29 is 18.7 Å². The molecule has 4 aromatic rings. The molecular formula is C21H15N3O5S2. The van der Waals surface area contributed by atoms with E-state index in [9.17, 15) is 14.4 Å². The first-order valence-corrected chi connectivity index (χ1v) is 10.9. The Bertz CT molecular complexity index is 1290. The van der Waals surface area contributed by atoms with E-state index in [1.54, 1.807) is 24.3 Å². The second-order valence-corrected chi connectivity index (χ2v) is 8.45. The number of hydrogen-bond donors (Lipinski definition) is 1. The smallest absolute Gasteiger partial charge is 0.349 e. The summed E-state index contributed by atoms with van der Waals surface area (Å²) in [7, 11) is 0. The summed E-state index contributed by atoms with van der Waals surface area (Å²) in [5.41, 5.74) is 0.432. The van der Waals surface area contributed by atoms with Crippen molar-refractivity contribution in [3.05, 3.63) is 82.2 Å². The SMILES string of the molecule is O=C(CSc1nnc(NC(=O)c2cc3ccccc3oc2=O)s1)OCc1ccccc1. The van der Waals surface area contributed by atoms with E-state index in [1.165, 1.54) is 6.07 Å². The van der Waals surface area contributed by atoms with E-state index >= 15 is 0 Å². The van der Waals surface area contributed by atoms with Gasteiger partial charge < -0.3 is 9.15 Å². The van der Waals surface area contributed by atoms with Crippen LogP contribution in [0.3, 0.4) is 0 Å². The number of esters is 1. The Morgan fingerprint density at radius 3 is 2.68 bits per heavy atom. The van der Waals surface area contributed by atoms with Gasteiger partial charge in [0.2, 0.25) is 5.13 Å². The molecular weight excluding hydrogens is 438 g/mol. The van der Waals surface area contributed by atoms with Crippen molar-refractivity contribution in [2.24, 2.45) is 0 Å². The van der Waals surface area contributed by atoms with Crippen molar-refractivity contribution in [1.82, 2.24) is 10.2 Å². The van der Waals surface area contributed by atoms with Crippen LogP contribution in [0.5, 0.6) is 0 Å². The molecule has 2 aromatic heterocycles. The second-order valence-electron chi connectivity index (χ2n) is 6.25. The Balaban J connectivity index is 1.32. The number of benzene rings is 2. The summed E-state index contributed by atoms with van der Waals surface area (Å²) in [5.74, 6) is -0.971. The maximum absolute atomic E-state index is 12.5. The molecule has 4 rings (SSSR count). The first kappa shape index (κ1) is 20.8. The quantitative estimate of drug-likeness (QED) is 0.195. The standard InChI is InChI=1S/C21H15N3O5S2/c25-17(28-11-13-6-2-1-3-7-13)12-30-21-24-23-20(31-21)22-18(26)15-10-14-8-4-5-9-16(14)29-19(15)27/h1-10H,11-12H2,(H,22,23,26). The van der Waals surface area contributed by atoms with Gasteiger partial charge in [0.25, 0.3) is 5.91 Å². The third kappa shape index (κ3) is 5.36. The van der Waals surface area contributed by atoms with Crippen molar-refractivity contribution in [3.63, 3.8) is 0 Å². The van der Waals surface area contributed by atoms with Gasteiger partial charge in [0.1, 0.15) is 17.8 Å². The minimum absolute atomic E-state index is 0.0592. The van der Waals surface area contributed by atoms with Gasteiger partial charge in [-0.15, -0.1) is 10.2 Å². The van der Waals surface area contributed by atoms with Crippen LogP contribution in [0.1, 0.15) is 15.9 Å². The number of carbonyl (C=O) groups excluding carboxylic acids is 2. The van der Waals surface area contributed by atoms with E-state index in [2.05, 4.69) is 15.5 Å². The van der Waals surface area contributed by atoms with Crippen molar-refractivity contribution in [2.45, 2.75) is 10.9 Å². The number of nitrogens with one attached hydrogen (secondary N) is 1. The summed E-state index contributed by atoms with van der Waals surface area (Å²) in [6.45, 7) is 0.200. The molecule has 0 unspecified atom stereocenters. The Morgan fingerprint density at radius 2 is 1.84 bits per heavy atom. The van der Waals surface area contributed by atoms with Crippen LogP contribution >= 0.6 is 23.1 Å². The first-order valence-electron chi connectivity index (χ1n) is 9.08. The van der Waals surface area contributed by atoms with Gasteiger partial charge in [0.05, 0.1) is 5.75 Å². The fourth-order valence-corrected chi connectivity index (χ4v) is 4.15. The van der Waals surface area contributed by atoms with Gasteiger partial charge in [0.15, 0.2) is 4.34 Å². The molecule has 0 atom stereocenters. The first-order chi connectivity index (χ1) is 15.1. The molecule has 0 fully saturated rings. The van der Waals surface area contributed by atoms with Gasteiger partial charge in [-0.3, -0.25) is 14.9 Å². The van der Waals surface area contributed by atoms with Crippen LogP contribution in [0.4, 0.5) is 5.13 Å². The Labute approximate surface area is 184 Å². The summed E-state index contributed by atoms with van der Waals surface area (Å²) in [6, 6.07) is 17.8. The molecule has 156 valence electrons. The number of thioether (sulfide) groups is 1. The van der Waals surface area contributed by atoms with Gasteiger partial charge in [-0.05, 0) is 17.7 Å². The van der Waals surface area contributed by atoms with Crippen LogP contribution in [0, 0.1) is 0 Å². The Morgan fingerprint density at radius 1 is 1.06 bits per heavy atom. The molecule has 8 nitrogen and oxygen atoms in total. The summed E-state index contributed by atoms with van der Waals surface area (Å²) in [4.78, 5) is 36.5. The summed E-state index contributed by atoms with van der Waals surface area (Å²) in [5, 5.41) is 11.2. The molecule has 0 spiro atoms. The van der Waals surface area contributed by atoms with Gasteiger partial charge in [0, 0.05) is 5.39 Å². The lowest BCUT2D eigenvalue weighted by Gasteiger charge is -2.03. The molecule has 0 radical (unpaired) electrons. The van der Waals surface area contributed by atoms with E-state index in [4.69, 9.17) is 9.15 Å². The van der Waals surface area contributed by atoms with E-state index in [1.807, 2.05) is 30.3 Å². The highest BCUT2D eigenvalue weighted by atomic mass is 32.2. The van der Waals surface area contributed by atoms with Crippen LogP contribution in [0.15, 0.2) is 74.2 Å². The zero-order valence-corrected chi connectivity index (χ0v) is 17.6. The number of nitrogens with zero attached hydrogens (tertiary/aromatic N) is 2. The maximum atomic E-state index is 12.5. The summed E-state index contributed by atoms with van der Waals surface area (Å²) in [6.07, 6.45) is 0. The number of hydrogen-bond acceptors (Lipinski definition) is 9. The monoisotopic (exact) mass is 453 g/mol. The number of ether oxygens (including phenoxy) is 1. The number of rotatable bonds is 7. The Hall–Kier alpha value is -3.50. The zero-order valence-electron chi connectivity index (χ0n) is 15.9. The van der Waals surface area contributed by atoms with E-state index in [0.29, 0.717) is 15.3 Å². The van der Waals surface area contributed by atoms with Crippen molar-refractivity contribution in [2.75, 3.05) is 11.1 Å². The fourth-order valence-electron chi connectivity index (χ4n) is 2.60. The zero-order chi connectivity index (χ0) is 21.6. The highest BCUT2D eigenvalue weighted by molar-refractivity contribution is 8.01. The predicted octanol–water partition coefficient (Wildman–Crippen LogP) is 3.73. The third-order valence-electron chi connectivity index (χ3n) is 4.07. The molecule has 1 amide bonds. The van der Waals surface area contributed by atoms with Crippen LogP contribution in [-0.2, 0) is 16.1 Å². The van der Waals surface area contributed by atoms with Crippen LogP contribution in [0.25, 0.3) is 11.0 Å². The maximum Gasteiger partial charge on any atom is 0.349 e. The predicted molar refractivity (Wildman–Crippen MR) is 117 cm³/mol. The van der Waals surface area contributed by atoms with Crippen molar-refractivity contribution in [3.8, 4) is 0 Å². The summed E-state index contributed by atoms with van der Waals surface area (Å²) < 4.78 is 10.9. The van der Waals surface area contributed by atoms with Crippen LogP contribution in [-0.4, -0.2) is 27.8 Å². The highest BCUT2D eigenvalue weighted by Crippen LogP contribution is 2.26. The lowest BCUT2D eigenvalue weighted by Crippen LogP contribution is -2.20. The molecule has 1 N–H and O–H groups in total. The largest absolute Gasteiger partial charge is 0.460 e. The summed E-state index contributed by atoms with van der Waals surface area (Å²) >= 11 is 2.24. The molecule has 0 saturated carbocycles. The number of fused-ring (bicyclic) bond motifs is 1. The lowest BCUT2D eigenvalue weighted by molar-refractivity contribution is -0.141. The van der Waals surface area contributed by atoms with E-state index in [0.717, 1.165) is 28.7 Å². The average molecular weight is 454 g/mol. The van der Waals surface area contributed by atoms with Crippen LogP contribution < -0.4 is 10.9 Å². The van der Waals surface area contributed by atoms with Gasteiger partial charge in [-0.25, -0.2) is 4.79 Å². The molecule has 0 aliphatic carbocycles. The van der Waals surface area contributed by atoms with Crippen LogP contribution in [0.2, 0.25) is 0 Å². The van der Waals surface area contributed by atoms with Gasteiger partial charge in [-0.1, -0.05) is 71.6 Å². The fraction of sp³-hybridized carbons (Fsp3) is 0.0952. The van der Waals surface area contributed by atoms with Crippen molar-refractivity contribution >= 4 is 51.1 Å². The third-order valence-corrected chi connectivity index (χ3v) is 6.01. The Kier molecular flexibility index (Phi) is 6.39. The molecule has 0 bridgehead atoms. The molecule has 2 aromatic carbocycles. The minimum Gasteiger partial charge on any atom is -0.460 e. The molecule has 31 heavy (non-hydrogen) atoms. The van der Waals surface area contributed by atoms with Gasteiger partial charge in [-0.2, -0.15) is 0 Å². The molecule has 0 aliphatic heterocycles. The van der Waals surface area contributed by atoms with E-state index in [-0.39, 0.29) is 29.0 Å². The minimum atomic E-state index is -0.739. The van der Waals surface area contributed by atoms with Gasteiger partial charge >= 0.3 is 11.6 Å². The number of carbonyl (C=O) groups is 2. The molecule has 0 saturated heterocycles. The molecule has 2 heterocycles. The second kappa shape index (κ2) is 9.54. The normalized spacial score (nSPS) is 10.7. The van der Waals surface area contributed by atoms with E-state index < -0.39 is 11.5 Å². The lowest BCUT2D eigenvalue weighted by atomic mass is 10.2. The number of aromatic nitrogens is 2. The number of para-hydroxylation sites is 1. The molecule has 0 aliphatic rings. The highest BCUT2D eigenvalue weighted by Gasteiger charge is 2.16. The number of anilines is 1.